The second kappa shape index (κ2) is 6.94. The number of rotatable bonds is 5. The molecule has 0 aliphatic carbocycles. The monoisotopic (exact) mass is 365 g/mol. The fourth-order valence-corrected chi connectivity index (χ4v) is 2.92. The van der Waals surface area contributed by atoms with Gasteiger partial charge in [-0.25, -0.2) is 0 Å². The second-order valence-electron chi connectivity index (χ2n) is 4.86. The Bertz CT molecular complexity index is 522. The Hall–Kier alpha value is -1.03. The topological polar surface area (TPSA) is 12.0 Å². The Kier molecular flexibility index (Phi) is 5.25. The average Bonchev–Trinajstić information content (AvgIpc) is 2.42. The third-order valence-electron chi connectivity index (χ3n) is 3.30. The van der Waals surface area contributed by atoms with Gasteiger partial charge < -0.3 is 5.32 Å². The number of benzene rings is 2. The van der Waals surface area contributed by atoms with Crippen LogP contribution in [-0.4, -0.2) is 0 Å². The zero-order chi connectivity index (χ0) is 13.7. The molecule has 100 valence electrons. The summed E-state index contributed by atoms with van der Waals surface area (Å²) >= 11 is 2.36. The molecule has 1 N–H and O–H groups in total. The Balaban J connectivity index is 2.21. The van der Waals surface area contributed by atoms with E-state index < -0.39 is 0 Å². The molecule has 1 atom stereocenters. The second-order valence-corrected chi connectivity index (χ2v) is 6.10. The number of anilines is 1. The first kappa shape index (κ1) is 14.4. The van der Waals surface area contributed by atoms with Gasteiger partial charge in [-0.05, 0) is 65.3 Å². The molecule has 0 saturated heterocycles. The van der Waals surface area contributed by atoms with Crippen molar-refractivity contribution in [3.05, 3.63) is 63.2 Å². The molecule has 0 aliphatic heterocycles. The number of hydrogen-bond acceptors (Lipinski definition) is 1. The van der Waals surface area contributed by atoms with Crippen LogP contribution in [0.5, 0.6) is 0 Å². The number of nitrogens with one attached hydrogen (secondary N) is 1. The Morgan fingerprint density at radius 3 is 2.47 bits per heavy atom. The lowest BCUT2D eigenvalue weighted by atomic mass is 10.0. The highest BCUT2D eigenvalue weighted by atomic mass is 127. The quantitative estimate of drug-likeness (QED) is 0.685. The molecule has 19 heavy (non-hydrogen) atoms. The van der Waals surface area contributed by atoms with Gasteiger partial charge >= 0.3 is 0 Å². The zero-order valence-electron chi connectivity index (χ0n) is 11.5. The summed E-state index contributed by atoms with van der Waals surface area (Å²) in [6.45, 7) is 4.40. The van der Waals surface area contributed by atoms with Gasteiger partial charge in [-0.1, -0.05) is 43.7 Å². The van der Waals surface area contributed by atoms with E-state index >= 15 is 0 Å². The molecule has 2 heteroatoms. The Morgan fingerprint density at radius 1 is 1.11 bits per heavy atom. The van der Waals surface area contributed by atoms with Crippen molar-refractivity contribution < 1.29 is 0 Å². The van der Waals surface area contributed by atoms with Crippen LogP contribution in [-0.2, 0) is 0 Å². The molecule has 0 fully saturated rings. The molecule has 0 radical (unpaired) electrons. The van der Waals surface area contributed by atoms with Gasteiger partial charge in [-0.15, -0.1) is 0 Å². The molecule has 0 heterocycles. The summed E-state index contributed by atoms with van der Waals surface area (Å²) in [6.07, 6.45) is 2.32. The molecule has 0 spiro atoms. The SMILES string of the molecule is CCCC(Nc1ccc(I)cc1C)c1ccccc1. The van der Waals surface area contributed by atoms with Crippen LogP contribution >= 0.6 is 22.6 Å². The summed E-state index contributed by atoms with van der Waals surface area (Å²) < 4.78 is 1.28. The van der Waals surface area contributed by atoms with Crippen molar-refractivity contribution in [3.63, 3.8) is 0 Å². The van der Waals surface area contributed by atoms with Gasteiger partial charge in [-0.3, -0.25) is 0 Å². The van der Waals surface area contributed by atoms with Crippen LogP contribution in [0, 0.1) is 10.5 Å². The molecule has 1 nitrogen and oxygen atoms in total. The van der Waals surface area contributed by atoms with E-state index in [-0.39, 0.29) is 0 Å². The molecule has 2 rings (SSSR count). The minimum atomic E-state index is 0.393. The average molecular weight is 365 g/mol. The summed E-state index contributed by atoms with van der Waals surface area (Å²) in [5.74, 6) is 0. The standard InChI is InChI=1S/C17H20IN/c1-3-7-17(14-8-5-4-6-9-14)19-16-11-10-15(18)12-13(16)2/h4-6,8-12,17,19H,3,7H2,1-2H3. The molecule has 2 aromatic rings. The highest BCUT2D eigenvalue weighted by Crippen LogP contribution is 2.26. The lowest BCUT2D eigenvalue weighted by molar-refractivity contribution is 0.677. The Labute approximate surface area is 129 Å². The van der Waals surface area contributed by atoms with Gasteiger partial charge in [0, 0.05) is 9.26 Å². The smallest absolute Gasteiger partial charge is 0.0513 e. The minimum absolute atomic E-state index is 0.393. The summed E-state index contributed by atoms with van der Waals surface area (Å²) in [7, 11) is 0. The highest BCUT2D eigenvalue weighted by molar-refractivity contribution is 14.1. The van der Waals surface area contributed by atoms with Gasteiger partial charge in [0.15, 0.2) is 0 Å². The molecule has 0 aromatic heterocycles. The van der Waals surface area contributed by atoms with Crippen molar-refractivity contribution >= 4 is 28.3 Å². The predicted molar refractivity (Wildman–Crippen MR) is 91.6 cm³/mol. The van der Waals surface area contributed by atoms with E-state index in [0.29, 0.717) is 6.04 Å². The van der Waals surface area contributed by atoms with Crippen molar-refractivity contribution in [2.45, 2.75) is 32.7 Å². The van der Waals surface area contributed by atoms with E-state index in [4.69, 9.17) is 0 Å². The molecule has 0 bridgehead atoms. The van der Waals surface area contributed by atoms with Crippen molar-refractivity contribution in [1.82, 2.24) is 0 Å². The summed E-state index contributed by atoms with van der Waals surface area (Å²) in [4.78, 5) is 0. The fourth-order valence-electron chi connectivity index (χ4n) is 2.27. The highest BCUT2D eigenvalue weighted by Gasteiger charge is 2.11. The first-order chi connectivity index (χ1) is 9.20. The van der Waals surface area contributed by atoms with Crippen LogP contribution in [0.1, 0.15) is 36.9 Å². The van der Waals surface area contributed by atoms with Crippen molar-refractivity contribution in [2.75, 3.05) is 5.32 Å². The maximum atomic E-state index is 3.69. The maximum Gasteiger partial charge on any atom is 0.0513 e. The number of halogens is 1. The lowest BCUT2D eigenvalue weighted by Gasteiger charge is -2.21. The van der Waals surface area contributed by atoms with Crippen LogP contribution in [0.15, 0.2) is 48.5 Å². The van der Waals surface area contributed by atoms with E-state index in [0.717, 1.165) is 6.42 Å². The summed E-state index contributed by atoms with van der Waals surface area (Å²) in [5, 5.41) is 3.69. The van der Waals surface area contributed by atoms with Gasteiger partial charge in [0.25, 0.3) is 0 Å². The van der Waals surface area contributed by atoms with Crippen molar-refractivity contribution in [2.24, 2.45) is 0 Å². The van der Waals surface area contributed by atoms with Gasteiger partial charge in [0.05, 0.1) is 6.04 Å². The first-order valence-electron chi connectivity index (χ1n) is 6.78. The van der Waals surface area contributed by atoms with Gasteiger partial charge in [0.2, 0.25) is 0 Å². The third kappa shape index (κ3) is 3.96. The molecule has 0 amide bonds. The third-order valence-corrected chi connectivity index (χ3v) is 3.97. The number of aryl methyl sites for hydroxylation is 1. The molecule has 1 unspecified atom stereocenters. The van der Waals surface area contributed by atoms with Crippen molar-refractivity contribution in [3.8, 4) is 0 Å². The van der Waals surface area contributed by atoms with Gasteiger partial charge in [0.1, 0.15) is 0 Å². The maximum absolute atomic E-state index is 3.69. The van der Waals surface area contributed by atoms with Crippen molar-refractivity contribution in [1.29, 1.82) is 0 Å². The van der Waals surface area contributed by atoms with Crippen LogP contribution in [0.2, 0.25) is 0 Å². The summed E-state index contributed by atoms with van der Waals surface area (Å²) in [6, 6.07) is 17.7. The lowest BCUT2D eigenvalue weighted by Crippen LogP contribution is -2.11. The van der Waals surface area contributed by atoms with Crippen LogP contribution in [0.4, 0.5) is 5.69 Å². The molecular formula is C17H20IN. The fraction of sp³-hybridized carbons (Fsp3) is 0.294. The van der Waals surface area contributed by atoms with Crippen LogP contribution in [0.25, 0.3) is 0 Å². The number of hydrogen-bond donors (Lipinski definition) is 1. The minimum Gasteiger partial charge on any atom is -0.378 e. The van der Waals surface area contributed by atoms with E-state index in [2.05, 4.69) is 90.3 Å². The normalized spacial score (nSPS) is 12.2. The zero-order valence-corrected chi connectivity index (χ0v) is 13.6. The van der Waals surface area contributed by atoms with Crippen LogP contribution < -0.4 is 5.32 Å². The molecular weight excluding hydrogens is 345 g/mol. The predicted octanol–water partition coefficient (Wildman–Crippen LogP) is 5.55. The van der Waals surface area contributed by atoms with Crippen LogP contribution in [0.3, 0.4) is 0 Å². The van der Waals surface area contributed by atoms with Gasteiger partial charge in [-0.2, -0.15) is 0 Å². The van der Waals surface area contributed by atoms with E-state index in [9.17, 15) is 0 Å². The first-order valence-corrected chi connectivity index (χ1v) is 7.86. The summed E-state index contributed by atoms with van der Waals surface area (Å²) in [5.41, 5.74) is 3.91. The molecule has 2 aromatic carbocycles. The molecule has 0 saturated carbocycles. The largest absolute Gasteiger partial charge is 0.378 e. The van der Waals surface area contributed by atoms with E-state index in [1.807, 2.05) is 0 Å². The van der Waals surface area contributed by atoms with E-state index in [1.54, 1.807) is 0 Å². The molecule has 0 aliphatic rings. The Morgan fingerprint density at radius 2 is 1.84 bits per heavy atom. The van der Waals surface area contributed by atoms with E-state index in [1.165, 1.54) is 26.8 Å².